The molecule has 0 aromatic rings. The molecule has 1 aliphatic carbocycles. The molecule has 2 bridgehead atoms. The number of ketones is 2. The molecule has 0 unspecified atom stereocenters. The number of allylic oxidation sites excluding steroid dienone is 6. The summed E-state index contributed by atoms with van der Waals surface area (Å²) in [6, 6.07) is -1.20. The number of methoxy groups -OCH3 is 3. The number of amides is 2. The Labute approximate surface area is 464 Å². The number of rotatable bonds is 9. The number of hydrogen-bond acceptors (Lipinski definition) is 16. The normalized spacial score (nSPS) is 37.4. The predicted octanol–water partition coefficient (Wildman–Crippen LogP) is 6.39. The van der Waals surface area contributed by atoms with Gasteiger partial charge >= 0.3 is 22.3 Å². The van der Waals surface area contributed by atoms with Gasteiger partial charge in [-0.1, -0.05) is 77.7 Å². The Hall–Kier alpha value is -4.12. The van der Waals surface area contributed by atoms with Crippen molar-refractivity contribution in [3.63, 3.8) is 0 Å². The number of nitrogens with zero attached hydrogens (tertiary/aromatic N) is 3. The molecule has 2 amide bonds. The van der Waals surface area contributed by atoms with E-state index in [-0.39, 0.29) is 56.0 Å². The number of piperidine rings is 1. The van der Waals surface area contributed by atoms with Crippen LogP contribution in [-0.2, 0) is 57.8 Å². The topological polar surface area (TPSA) is 237 Å². The number of esters is 1. The fourth-order valence-corrected chi connectivity index (χ4v) is 12.7. The largest absolute Gasteiger partial charge is 0.460 e. The Bertz CT molecular complexity index is 2310. The van der Waals surface area contributed by atoms with Crippen molar-refractivity contribution < 1.29 is 71.0 Å². The van der Waals surface area contributed by atoms with Gasteiger partial charge in [0.05, 0.1) is 18.3 Å². The van der Waals surface area contributed by atoms with Crippen LogP contribution in [-0.4, -0.2) is 178 Å². The first-order valence-corrected chi connectivity index (χ1v) is 29.6. The van der Waals surface area contributed by atoms with Crippen molar-refractivity contribution in [2.45, 2.75) is 180 Å². The number of aliphatic hydroxyl groups excluding tert-OH is 1. The quantitative estimate of drug-likeness (QED) is 0.129. The molecule has 1 saturated carbocycles. The maximum absolute atomic E-state index is 14.6. The number of nitrogens with one attached hydrogen (secondary N) is 1. The van der Waals surface area contributed by atoms with E-state index in [0.717, 1.165) is 12.0 Å². The lowest BCUT2D eigenvalue weighted by Gasteiger charge is -2.42. The van der Waals surface area contributed by atoms with Crippen molar-refractivity contribution in [1.82, 2.24) is 18.8 Å². The summed E-state index contributed by atoms with van der Waals surface area (Å²) in [5, 5.41) is 23.8. The summed E-state index contributed by atoms with van der Waals surface area (Å²) in [4.78, 5) is 74.0. The molecular weight excluding hydrogens is 1020 g/mol. The second-order valence-electron chi connectivity index (χ2n) is 22.9. The highest BCUT2D eigenvalue weighted by molar-refractivity contribution is 7.87. The Morgan fingerprint density at radius 2 is 1.58 bits per heavy atom. The second-order valence-corrected chi connectivity index (χ2v) is 24.6. The lowest BCUT2D eigenvalue weighted by Crippen LogP contribution is -2.61. The van der Waals surface area contributed by atoms with Crippen LogP contribution >= 0.6 is 0 Å². The summed E-state index contributed by atoms with van der Waals surface area (Å²) >= 11 is 0. The van der Waals surface area contributed by atoms with Gasteiger partial charge in [0, 0.05) is 78.7 Å². The monoisotopic (exact) mass is 1120 g/mol. The Kier molecular flexibility index (Phi) is 24.5. The van der Waals surface area contributed by atoms with Crippen molar-refractivity contribution in [2.24, 2.45) is 35.5 Å². The van der Waals surface area contributed by atoms with Crippen LogP contribution in [0.2, 0.25) is 0 Å². The third-order valence-electron chi connectivity index (χ3n) is 17.0. The van der Waals surface area contributed by atoms with Crippen molar-refractivity contribution in [3.05, 3.63) is 59.8 Å². The zero-order chi connectivity index (χ0) is 57.6. The Morgan fingerprint density at radius 3 is 2.24 bits per heavy atom. The average molecular weight is 1120 g/mol. The fourth-order valence-electron chi connectivity index (χ4n) is 11.7. The number of fused-ring (bicyclic) bond motifs is 3. The van der Waals surface area contributed by atoms with Gasteiger partial charge in [0.2, 0.25) is 5.79 Å². The van der Waals surface area contributed by atoms with E-state index in [9.17, 15) is 42.6 Å². The number of cyclic esters (lactones) is 1. The number of Topliss-reactive ketones (excluding diaryl/α,β-unsaturated/α-hetero) is 2. The summed E-state index contributed by atoms with van der Waals surface area (Å²) in [6.07, 6.45) is 9.81. The highest BCUT2D eigenvalue weighted by atomic mass is 32.2. The van der Waals surface area contributed by atoms with Gasteiger partial charge in [0.1, 0.15) is 36.2 Å². The molecule has 4 aliphatic heterocycles. The van der Waals surface area contributed by atoms with Gasteiger partial charge in [-0.2, -0.15) is 12.7 Å². The zero-order valence-electron chi connectivity index (χ0n) is 48.2. The average Bonchev–Trinajstić information content (AvgIpc) is 3.44. The van der Waals surface area contributed by atoms with E-state index in [4.69, 9.17) is 28.4 Å². The fraction of sp³-hybridized carbons (Fsp3) is 0.741. The zero-order valence-corrected chi connectivity index (χ0v) is 49.0. The van der Waals surface area contributed by atoms with Gasteiger partial charge in [0.15, 0.2) is 0 Å². The molecule has 0 aromatic carbocycles. The SMILES string of the molecule is C=C1[C@H](C)C[C@H](C)/C=C/C=C/C=C(\C)[C@@H](OC)C[C@@H]2CC[C@@H](C)[C@@](O)(O2)C(=O)C(=O)N2CCCC[C@H]2C(=O)O[C@H]([C@H](C)C[C@@H]2CC[C@@H](OC(=O)NS(=O)(=O)N3CCN(C)CC3)[C@H](OC)C2)CC(=O)[C@H](C)/C=C(\C)[C@@H](O)[C@H]1OC. The van der Waals surface area contributed by atoms with E-state index in [0.29, 0.717) is 82.0 Å². The lowest BCUT2D eigenvalue weighted by molar-refractivity contribution is -0.265. The summed E-state index contributed by atoms with van der Waals surface area (Å²) in [5.74, 6) is -7.64. The molecule has 4 fully saturated rings. The molecule has 0 radical (unpaired) electrons. The minimum Gasteiger partial charge on any atom is -0.460 e. The molecule has 5 aliphatic rings. The number of piperazine rings is 1. The summed E-state index contributed by atoms with van der Waals surface area (Å²) < 4.78 is 65.0. The van der Waals surface area contributed by atoms with Crippen molar-refractivity contribution >= 4 is 39.7 Å². The summed E-state index contributed by atoms with van der Waals surface area (Å²) in [7, 11) is 2.35. The highest BCUT2D eigenvalue weighted by Gasteiger charge is 2.53. The van der Waals surface area contributed by atoms with Gasteiger partial charge in [-0.05, 0) is 125 Å². The molecule has 0 spiro atoms. The van der Waals surface area contributed by atoms with Crippen LogP contribution in [0.1, 0.15) is 126 Å². The van der Waals surface area contributed by atoms with Crippen LogP contribution < -0.4 is 4.72 Å². The first-order valence-electron chi connectivity index (χ1n) is 28.1. The molecule has 15 atom stereocenters. The molecule has 19 nitrogen and oxygen atoms in total. The summed E-state index contributed by atoms with van der Waals surface area (Å²) in [5.41, 5.74) is 2.10. The summed E-state index contributed by atoms with van der Waals surface area (Å²) in [6.45, 7) is 19.0. The van der Waals surface area contributed by atoms with Gasteiger partial charge in [-0.15, -0.1) is 0 Å². The first-order chi connectivity index (χ1) is 36.8. The third kappa shape index (κ3) is 17.2. The maximum atomic E-state index is 14.6. The number of carbonyl (C=O) groups excluding carboxylic acids is 5. The Morgan fingerprint density at radius 1 is 0.872 bits per heavy atom. The molecule has 4 heterocycles. The molecule has 78 heavy (non-hydrogen) atoms. The van der Waals surface area contributed by atoms with Crippen LogP contribution in [0, 0.1) is 35.5 Å². The van der Waals surface area contributed by atoms with Crippen LogP contribution in [0.3, 0.4) is 0 Å². The van der Waals surface area contributed by atoms with Gasteiger partial charge in [-0.25, -0.2) is 14.3 Å². The number of ether oxygens (including phenoxy) is 6. The lowest BCUT2D eigenvalue weighted by atomic mass is 9.78. The smallest absolute Gasteiger partial charge is 0.422 e. The van der Waals surface area contributed by atoms with E-state index < -0.39 is 106 Å². The van der Waals surface area contributed by atoms with Crippen LogP contribution in [0.5, 0.6) is 0 Å². The van der Waals surface area contributed by atoms with E-state index >= 15 is 0 Å². The van der Waals surface area contributed by atoms with E-state index in [1.165, 1.54) is 23.4 Å². The van der Waals surface area contributed by atoms with Crippen molar-refractivity contribution in [2.75, 3.05) is 61.1 Å². The minimum absolute atomic E-state index is 0.0386. The number of likely N-dealkylation sites (N-methyl/N-ethyl adjacent to an activating group) is 1. The molecule has 5 rings (SSSR count). The van der Waals surface area contributed by atoms with E-state index in [1.54, 1.807) is 34.0 Å². The number of aliphatic hydroxyl groups is 2. The van der Waals surface area contributed by atoms with E-state index in [1.807, 2.05) is 61.7 Å². The Balaban J connectivity index is 1.41. The van der Waals surface area contributed by atoms with E-state index in [2.05, 4.69) is 19.6 Å². The number of hydrogen-bond donors (Lipinski definition) is 3. The third-order valence-corrected chi connectivity index (χ3v) is 18.4. The minimum atomic E-state index is -4.13. The van der Waals surface area contributed by atoms with Crippen LogP contribution in [0.4, 0.5) is 4.79 Å². The van der Waals surface area contributed by atoms with Crippen LogP contribution in [0.15, 0.2) is 59.8 Å². The van der Waals surface area contributed by atoms with Crippen molar-refractivity contribution in [1.29, 1.82) is 0 Å². The van der Waals surface area contributed by atoms with Gasteiger partial charge in [-0.3, -0.25) is 14.4 Å². The highest BCUT2D eigenvalue weighted by Crippen LogP contribution is 2.38. The maximum Gasteiger partial charge on any atom is 0.422 e. The molecule has 440 valence electrons. The number of carbonyl (C=O) groups is 5. The standard InChI is InChI=1S/C58H92N4O15S/c1-36-18-14-13-15-19-37(2)49(72-10)34-45-23-21-42(7)58(69,77-45)54(65)55(66)62-25-17-16-20-46(62)56(67)75-50(35-47(63)39(4)31-41(6)52(64)53(74-12)43(8)38(3)30-36)40(5)32-44-22-24-48(51(33-44)73-11)76-57(68)59-78(70,71)61-28-26-60(9)27-29-61/h13-15,18-19,31,36,38-40,42,44-46,48-53,64,69H,8,16-17,20-30,32-35H2,1-7,9-12H3,(H,59,68)/b15-13+,18-14+,37-19+,41-31+/t36-,38-,39-,40-,42-,44+,45+,46+,48-,49+,50+,51-,52-,53+,58-/m1/s1. The van der Waals surface area contributed by atoms with Crippen molar-refractivity contribution in [3.8, 4) is 0 Å². The molecule has 0 aromatic heterocycles. The second kappa shape index (κ2) is 29.6. The molecule has 20 heteroatoms. The van der Waals surface area contributed by atoms with Gasteiger partial charge < -0.3 is 48.4 Å². The predicted molar refractivity (Wildman–Crippen MR) is 295 cm³/mol. The van der Waals surface area contributed by atoms with Crippen LogP contribution in [0.25, 0.3) is 0 Å². The molecule has 3 saturated heterocycles. The van der Waals surface area contributed by atoms with Gasteiger partial charge in [0.25, 0.3) is 11.7 Å². The molecular formula is C58H92N4O15S. The molecule has 3 N–H and O–H groups in total. The first kappa shape index (κ1) is 64.7.